The van der Waals surface area contributed by atoms with Crippen molar-refractivity contribution in [3.63, 3.8) is 0 Å². The number of ether oxygens (including phenoxy) is 5. The highest BCUT2D eigenvalue weighted by Crippen LogP contribution is 2.36. The topological polar surface area (TPSA) is 104 Å². The lowest BCUT2D eigenvalue weighted by atomic mass is 10.0. The monoisotopic (exact) mass is 348 g/mol. The zero-order valence-electron chi connectivity index (χ0n) is 13.7. The molecule has 1 atom stereocenters. The number of carbonyl (C=O) groups is 1. The Labute approximate surface area is 138 Å². The summed E-state index contributed by atoms with van der Waals surface area (Å²) in [6.45, 7) is 0.562. The van der Waals surface area contributed by atoms with Crippen LogP contribution in [0.5, 0.6) is 11.5 Å². The number of methoxy groups -OCH3 is 3. The fourth-order valence-electron chi connectivity index (χ4n) is 1.80. The Bertz CT molecular complexity index is 551. The second-order valence-corrected chi connectivity index (χ2v) is 4.62. The third kappa shape index (κ3) is 4.78. The summed E-state index contributed by atoms with van der Waals surface area (Å²) < 4.78 is 39.2. The zero-order valence-corrected chi connectivity index (χ0v) is 13.7. The summed E-state index contributed by atoms with van der Waals surface area (Å²) in [5.41, 5.74) is -0.346. The number of carboxylic acids is 1. The summed E-state index contributed by atoms with van der Waals surface area (Å²) in [4.78, 5) is 11.2. The van der Waals surface area contributed by atoms with E-state index in [0.29, 0.717) is 0 Å². The molecule has 0 aromatic heterocycles. The molecule has 0 saturated heterocycles. The van der Waals surface area contributed by atoms with Crippen LogP contribution in [0.25, 0.3) is 0 Å². The molecule has 0 saturated carbocycles. The standard InChI is InChI=1S/C15H21FO8/c1-20-4-6-23-12-9-10(15(19,22-3)14(17)18)8-11(16)13(12)24-7-5-21-2/h8-9,19H,4-7H2,1-3H3,(H,17,18). The van der Waals surface area contributed by atoms with E-state index in [0.717, 1.165) is 19.2 Å². The number of rotatable bonds is 11. The molecule has 136 valence electrons. The molecule has 0 radical (unpaired) electrons. The third-order valence-electron chi connectivity index (χ3n) is 3.06. The predicted molar refractivity (Wildman–Crippen MR) is 79.7 cm³/mol. The van der Waals surface area contributed by atoms with Crippen LogP contribution in [0.1, 0.15) is 5.56 Å². The molecule has 9 heteroatoms. The van der Waals surface area contributed by atoms with Gasteiger partial charge >= 0.3 is 5.97 Å². The summed E-state index contributed by atoms with van der Waals surface area (Å²) >= 11 is 0. The molecule has 1 aromatic carbocycles. The normalized spacial score (nSPS) is 13.4. The van der Waals surface area contributed by atoms with Gasteiger partial charge < -0.3 is 33.9 Å². The highest BCUT2D eigenvalue weighted by molar-refractivity contribution is 5.77. The molecule has 1 unspecified atom stereocenters. The molecule has 24 heavy (non-hydrogen) atoms. The SMILES string of the molecule is COCCOc1cc(C(O)(OC)C(=O)O)cc(F)c1OCCOC. The van der Waals surface area contributed by atoms with E-state index in [1.807, 2.05) is 0 Å². The van der Waals surface area contributed by atoms with Gasteiger partial charge in [0.1, 0.15) is 13.2 Å². The van der Waals surface area contributed by atoms with Gasteiger partial charge in [0.05, 0.1) is 13.2 Å². The fourth-order valence-corrected chi connectivity index (χ4v) is 1.80. The van der Waals surface area contributed by atoms with Gasteiger partial charge in [0, 0.05) is 26.9 Å². The van der Waals surface area contributed by atoms with E-state index >= 15 is 0 Å². The van der Waals surface area contributed by atoms with Crippen LogP contribution in [-0.2, 0) is 24.8 Å². The molecule has 8 nitrogen and oxygen atoms in total. The highest BCUT2D eigenvalue weighted by Gasteiger charge is 2.40. The largest absolute Gasteiger partial charge is 0.487 e. The average Bonchev–Trinajstić information content (AvgIpc) is 2.56. The van der Waals surface area contributed by atoms with Gasteiger partial charge in [-0.2, -0.15) is 0 Å². The molecule has 0 amide bonds. The Morgan fingerprint density at radius 3 is 2.17 bits per heavy atom. The summed E-state index contributed by atoms with van der Waals surface area (Å²) in [6, 6.07) is 1.95. The second-order valence-electron chi connectivity index (χ2n) is 4.62. The molecule has 0 aliphatic rings. The summed E-state index contributed by atoms with van der Waals surface area (Å²) in [5, 5.41) is 19.2. The number of aliphatic carboxylic acids is 1. The van der Waals surface area contributed by atoms with Gasteiger partial charge in [-0.15, -0.1) is 0 Å². The van der Waals surface area contributed by atoms with Crippen molar-refractivity contribution >= 4 is 5.97 Å². The van der Waals surface area contributed by atoms with Crippen LogP contribution in [0.4, 0.5) is 4.39 Å². The van der Waals surface area contributed by atoms with Crippen molar-refractivity contribution in [2.24, 2.45) is 0 Å². The van der Waals surface area contributed by atoms with Crippen molar-refractivity contribution in [3.05, 3.63) is 23.5 Å². The minimum absolute atomic E-state index is 0.0564. The lowest BCUT2D eigenvalue weighted by Crippen LogP contribution is -2.37. The van der Waals surface area contributed by atoms with Gasteiger partial charge in [-0.05, 0) is 12.1 Å². The van der Waals surface area contributed by atoms with E-state index in [-0.39, 0.29) is 43.5 Å². The van der Waals surface area contributed by atoms with Gasteiger partial charge in [0.25, 0.3) is 5.79 Å². The second kappa shape index (κ2) is 9.38. The van der Waals surface area contributed by atoms with Crippen molar-refractivity contribution in [3.8, 4) is 11.5 Å². The van der Waals surface area contributed by atoms with Crippen LogP contribution in [-0.4, -0.2) is 63.9 Å². The maximum atomic E-state index is 14.3. The molecule has 2 N–H and O–H groups in total. The van der Waals surface area contributed by atoms with Crippen molar-refractivity contribution < 1.29 is 43.1 Å². The first-order chi connectivity index (χ1) is 11.4. The van der Waals surface area contributed by atoms with Gasteiger partial charge in [0.2, 0.25) is 0 Å². The van der Waals surface area contributed by atoms with E-state index in [9.17, 15) is 14.3 Å². The van der Waals surface area contributed by atoms with Crippen LogP contribution < -0.4 is 9.47 Å². The van der Waals surface area contributed by atoms with Gasteiger partial charge in [0.15, 0.2) is 17.3 Å². The molecule has 1 aromatic rings. The van der Waals surface area contributed by atoms with E-state index in [2.05, 4.69) is 4.74 Å². The number of hydrogen-bond donors (Lipinski definition) is 2. The highest BCUT2D eigenvalue weighted by atomic mass is 19.1. The Morgan fingerprint density at radius 2 is 1.67 bits per heavy atom. The smallest absolute Gasteiger partial charge is 0.369 e. The van der Waals surface area contributed by atoms with E-state index in [4.69, 9.17) is 24.1 Å². The minimum atomic E-state index is -2.72. The summed E-state index contributed by atoms with van der Waals surface area (Å²) in [5.74, 6) is -5.63. The maximum absolute atomic E-state index is 14.3. The fraction of sp³-hybridized carbons (Fsp3) is 0.533. The lowest BCUT2D eigenvalue weighted by Gasteiger charge is -2.23. The Hall–Kier alpha value is -1.94. The van der Waals surface area contributed by atoms with Gasteiger partial charge in [-0.3, -0.25) is 0 Å². The summed E-state index contributed by atoms with van der Waals surface area (Å²) in [6.07, 6.45) is 0. The van der Waals surface area contributed by atoms with Gasteiger partial charge in [-0.1, -0.05) is 0 Å². The van der Waals surface area contributed by atoms with Crippen LogP contribution in [0.15, 0.2) is 12.1 Å². The molecule has 0 aliphatic carbocycles. The Kier molecular flexibility index (Phi) is 7.86. The van der Waals surface area contributed by atoms with Crippen molar-refractivity contribution in [1.82, 2.24) is 0 Å². The molecular formula is C15H21FO8. The van der Waals surface area contributed by atoms with Crippen LogP contribution in [0.2, 0.25) is 0 Å². The molecule has 0 aliphatic heterocycles. The molecule has 0 bridgehead atoms. The lowest BCUT2D eigenvalue weighted by molar-refractivity contribution is -0.219. The third-order valence-corrected chi connectivity index (χ3v) is 3.06. The first-order valence-electron chi connectivity index (χ1n) is 6.99. The molecule has 0 spiro atoms. The van der Waals surface area contributed by atoms with Crippen molar-refractivity contribution in [1.29, 1.82) is 0 Å². The quantitative estimate of drug-likeness (QED) is 0.446. The predicted octanol–water partition coefficient (Wildman–Crippen LogP) is 0.752. The molecule has 1 rings (SSSR count). The number of hydrogen-bond acceptors (Lipinski definition) is 7. The average molecular weight is 348 g/mol. The first kappa shape index (κ1) is 20.1. The number of benzene rings is 1. The Morgan fingerprint density at radius 1 is 1.08 bits per heavy atom. The van der Waals surface area contributed by atoms with Crippen LogP contribution >= 0.6 is 0 Å². The number of halogens is 1. The van der Waals surface area contributed by atoms with E-state index in [1.54, 1.807) is 0 Å². The van der Waals surface area contributed by atoms with Crippen molar-refractivity contribution in [2.75, 3.05) is 47.8 Å². The summed E-state index contributed by atoms with van der Waals surface area (Å²) in [7, 11) is 3.91. The van der Waals surface area contributed by atoms with Gasteiger partial charge in [-0.25, -0.2) is 9.18 Å². The zero-order chi connectivity index (χ0) is 18.2. The molecule has 0 fully saturated rings. The Balaban J connectivity index is 3.23. The maximum Gasteiger partial charge on any atom is 0.369 e. The van der Waals surface area contributed by atoms with E-state index < -0.39 is 17.6 Å². The number of aliphatic hydroxyl groups is 1. The number of carboxylic acid groups (broad SMARTS) is 1. The molecule has 0 heterocycles. The van der Waals surface area contributed by atoms with Crippen molar-refractivity contribution in [2.45, 2.75) is 5.79 Å². The molecular weight excluding hydrogens is 327 g/mol. The van der Waals surface area contributed by atoms with Crippen LogP contribution in [0, 0.1) is 5.82 Å². The van der Waals surface area contributed by atoms with Crippen LogP contribution in [0.3, 0.4) is 0 Å². The van der Waals surface area contributed by atoms with E-state index in [1.165, 1.54) is 14.2 Å². The minimum Gasteiger partial charge on any atom is -0.487 e. The first-order valence-corrected chi connectivity index (χ1v) is 6.99.